The molecule has 4 aromatic rings. The summed E-state index contributed by atoms with van der Waals surface area (Å²) in [5.74, 6) is -0.168. The number of aromatic nitrogens is 2. The molecule has 1 aliphatic rings. The lowest BCUT2D eigenvalue weighted by Crippen LogP contribution is -2.32. The Bertz CT molecular complexity index is 1520. The van der Waals surface area contributed by atoms with Crippen LogP contribution in [-0.4, -0.2) is 32.0 Å². The average Bonchev–Trinajstić information content (AvgIpc) is 3.42. The average molecular weight is 564 g/mol. The molecular formula is C30H28F3N5OS. The molecular weight excluding hydrogens is 535 g/mol. The number of nitrogens with zero attached hydrogens (tertiary/aromatic N) is 3. The van der Waals surface area contributed by atoms with Crippen LogP contribution in [0.5, 0.6) is 0 Å². The lowest BCUT2D eigenvalue weighted by atomic mass is 9.96. The summed E-state index contributed by atoms with van der Waals surface area (Å²) in [4.78, 5) is 19.3. The second kappa shape index (κ2) is 11.1. The van der Waals surface area contributed by atoms with E-state index >= 15 is 0 Å². The van der Waals surface area contributed by atoms with Gasteiger partial charge in [0.25, 0.3) is 0 Å². The Morgan fingerprint density at radius 2 is 1.73 bits per heavy atom. The van der Waals surface area contributed by atoms with Crippen LogP contribution in [0, 0.1) is 13.8 Å². The number of carbonyl (C=O) groups is 1. The number of nitrogens with one attached hydrogen (secondary N) is 2. The SMILES string of the molecule is Cc1cc([C@@H]2[C@@H](c3ccccn3)NC(=S)N2CCC(=O)Nc2ccccc2)c(C)n1-c1ccccc1C(F)(F)F. The Kier molecular flexibility index (Phi) is 7.62. The molecule has 5 rings (SSSR count). The first kappa shape index (κ1) is 27.4. The highest BCUT2D eigenvalue weighted by Gasteiger charge is 2.42. The van der Waals surface area contributed by atoms with Gasteiger partial charge < -0.3 is 20.1 Å². The van der Waals surface area contributed by atoms with Crippen LogP contribution in [0.4, 0.5) is 18.9 Å². The zero-order chi connectivity index (χ0) is 28.4. The maximum absolute atomic E-state index is 13.9. The van der Waals surface area contributed by atoms with Gasteiger partial charge in [-0.1, -0.05) is 36.4 Å². The summed E-state index contributed by atoms with van der Waals surface area (Å²) >= 11 is 5.72. The van der Waals surface area contributed by atoms with Crippen molar-refractivity contribution < 1.29 is 18.0 Å². The number of carbonyl (C=O) groups excluding carboxylic acids is 1. The van der Waals surface area contributed by atoms with E-state index in [9.17, 15) is 18.0 Å². The van der Waals surface area contributed by atoms with Gasteiger partial charge in [-0.25, -0.2) is 0 Å². The van der Waals surface area contributed by atoms with Gasteiger partial charge in [0.1, 0.15) is 0 Å². The van der Waals surface area contributed by atoms with Crippen LogP contribution in [0.2, 0.25) is 0 Å². The van der Waals surface area contributed by atoms with Gasteiger partial charge in [-0.2, -0.15) is 13.2 Å². The van der Waals surface area contributed by atoms with E-state index in [0.29, 0.717) is 28.7 Å². The zero-order valence-corrected chi connectivity index (χ0v) is 22.8. The number of thiocarbonyl (C=S) groups is 1. The Morgan fingerprint density at radius 3 is 2.42 bits per heavy atom. The third-order valence-electron chi connectivity index (χ3n) is 7.07. The van der Waals surface area contributed by atoms with Gasteiger partial charge >= 0.3 is 6.18 Å². The van der Waals surface area contributed by atoms with Crippen LogP contribution in [0.3, 0.4) is 0 Å². The molecule has 0 spiro atoms. The number of anilines is 1. The van der Waals surface area contributed by atoms with Gasteiger partial charge in [0, 0.05) is 36.2 Å². The normalized spacial score (nSPS) is 17.1. The number of pyridine rings is 1. The topological polar surface area (TPSA) is 62.2 Å². The first-order valence-corrected chi connectivity index (χ1v) is 13.2. The molecule has 40 heavy (non-hydrogen) atoms. The highest BCUT2D eigenvalue weighted by atomic mass is 32.1. The molecule has 0 aliphatic carbocycles. The van der Waals surface area contributed by atoms with Gasteiger partial charge in [0.15, 0.2) is 5.11 Å². The van der Waals surface area contributed by atoms with Crippen LogP contribution >= 0.6 is 12.2 Å². The van der Waals surface area contributed by atoms with Gasteiger partial charge in [-0.15, -0.1) is 0 Å². The van der Waals surface area contributed by atoms with Crippen LogP contribution < -0.4 is 10.6 Å². The number of hydrogen-bond acceptors (Lipinski definition) is 3. The number of aryl methyl sites for hydroxylation is 1. The molecule has 0 radical (unpaired) electrons. The number of hydrogen-bond donors (Lipinski definition) is 2. The Hall–Kier alpha value is -4.18. The number of amides is 1. The molecule has 6 nitrogen and oxygen atoms in total. The summed E-state index contributed by atoms with van der Waals surface area (Å²) < 4.78 is 43.5. The minimum absolute atomic E-state index is 0.0629. The van der Waals surface area contributed by atoms with Crippen molar-refractivity contribution in [1.82, 2.24) is 19.8 Å². The number of para-hydroxylation sites is 2. The molecule has 2 atom stereocenters. The molecule has 2 aromatic carbocycles. The predicted molar refractivity (Wildman–Crippen MR) is 152 cm³/mol. The summed E-state index contributed by atoms with van der Waals surface area (Å²) in [6.07, 6.45) is -2.65. The largest absolute Gasteiger partial charge is 0.418 e. The quantitative estimate of drug-likeness (QED) is 0.251. The van der Waals surface area contributed by atoms with E-state index in [1.807, 2.05) is 66.4 Å². The Morgan fingerprint density at radius 1 is 1.02 bits per heavy atom. The Balaban J connectivity index is 1.52. The van der Waals surface area contributed by atoms with E-state index in [4.69, 9.17) is 12.2 Å². The lowest BCUT2D eigenvalue weighted by Gasteiger charge is -2.28. The summed E-state index contributed by atoms with van der Waals surface area (Å²) in [6.45, 7) is 3.91. The fourth-order valence-corrected chi connectivity index (χ4v) is 5.65. The smallest absolute Gasteiger partial charge is 0.352 e. The van der Waals surface area contributed by atoms with Gasteiger partial charge in [-0.3, -0.25) is 9.78 Å². The molecule has 1 fully saturated rings. The molecule has 0 bridgehead atoms. The van der Waals surface area contributed by atoms with Crippen molar-refractivity contribution in [2.24, 2.45) is 0 Å². The maximum Gasteiger partial charge on any atom is 0.418 e. The highest BCUT2D eigenvalue weighted by Crippen LogP contribution is 2.42. The first-order chi connectivity index (χ1) is 19.1. The summed E-state index contributed by atoms with van der Waals surface area (Å²) in [6, 6.07) is 21.5. The molecule has 10 heteroatoms. The number of rotatable bonds is 7. The second-order valence-electron chi connectivity index (χ2n) is 9.66. The van der Waals surface area contributed by atoms with Crippen molar-refractivity contribution in [3.63, 3.8) is 0 Å². The number of benzene rings is 2. The zero-order valence-electron chi connectivity index (χ0n) is 21.9. The maximum atomic E-state index is 13.9. The van der Waals surface area contributed by atoms with Crippen molar-refractivity contribution in [1.29, 1.82) is 0 Å². The predicted octanol–water partition coefficient (Wildman–Crippen LogP) is 6.51. The van der Waals surface area contributed by atoms with E-state index in [2.05, 4.69) is 15.6 Å². The first-order valence-electron chi connectivity index (χ1n) is 12.8. The van der Waals surface area contributed by atoms with Crippen molar-refractivity contribution in [2.75, 3.05) is 11.9 Å². The van der Waals surface area contributed by atoms with E-state index < -0.39 is 17.8 Å². The van der Waals surface area contributed by atoms with E-state index in [-0.39, 0.29) is 24.1 Å². The minimum Gasteiger partial charge on any atom is -0.352 e. The summed E-state index contributed by atoms with van der Waals surface area (Å²) in [5.41, 5.74) is 2.91. The molecule has 1 saturated heterocycles. The molecule has 1 amide bonds. The minimum atomic E-state index is -4.51. The second-order valence-corrected chi connectivity index (χ2v) is 10.0. The lowest BCUT2D eigenvalue weighted by molar-refractivity contribution is -0.137. The van der Waals surface area contributed by atoms with Gasteiger partial charge in [0.2, 0.25) is 5.91 Å². The molecule has 0 saturated carbocycles. The van der Waals surface area contributed by atoms with Crippen LogP contribution in [0.15, 0.2) is 85.1 Å². The van der Waals surface area contributed by atoms with E-state index in [1.165, 1.54) is 12.1 Å². The fraction of sp³-hybridized carbons (Fsp3) is 0.233. The van der Waals surface area contributed by atoms with Gasteiger partial charge in [0.05, 0.1) is 29.0 Å². The van der Waals surface area contributed by atoms with Crippen molar-refractivity contribution >= 4 is 28.9 Å². The van der Waals surface area contributed by atoms with Crippen molar-refractivity contribution in [3.05, 3.63) is 113 Å². The summed E-state index contributed by atoms with van der Waals surface area (Å²) in [7, 11) is 0. The number of alkyl halides is 3. The van der Waals surface area contributed by atoms with Crippen LogP contribution in [0.25, 0.3) is 5.69 Å². The standard InChI is InChI=1S/C30H28F3N5OS/c1-19-18-22(20(2)38(19)25-14-7-6-12-23(25)30(31,32)33)28-27(24-13-8-9-16-34-24)36-29(40)37(28)17-15-26(39)35-21-10-4-3-5-11-21/h3-14,16,18,27-28H,15,17H2,1-2H3,(H,35,39)(H,36,40)/t27-,28-/m1/s1. The van der Waals surface area contributed by atoms with Crippen LogP contribution in [0.1, 0.15) is 46.7 Å². The molecule has 1 aliphatic heterocycles. The fourth-order valence-electron chi connectivity index (χ4n) is 5.32. The number of halogens is 3. The van der Waals surface area contributed by atoms with Crippen molar-refractivity contribution in [3.8, 4) is 5.69 Å². The van der Waals surface area contributed by atoms with Crippen molar-refractivity contribution in [2.45, 2.75) is 38.5 Å². The molecule has 206 valence electrons. The Labute approximate surface area is 235 Å². The van der Waals surface area contributed by atoms with E-state index in [0.717, 1.165) is 17.3 Å². The van der Waals surface area contributed by atoms with Gasteiger partial charge in [-0.05, 0) is 74.1 Å². The molecule has 2 aromatic heterocycles. The highest BCUT2D eigenvalue weighted by molar-refractivity contribution is 7.80. The third-order valence-corrected chi connectivity index (χ3v) is 7.43. The monoisotopic (exact) mass is 563 g/mol. The molecule has 3 heterocycles. The van der Waals surface area contributed by atoms with E-state index in [1.54, 1.807) is 23.8 Å². The third kappa shape index (κ3) is 5.44. The summed E-state index contributed by atoms with van der Waals surface area (Å²) in [5, 5.41) is 6.69. The van der Waals surface area contributed by atoms with Crippen LogP contribution in [-0.2, 0) is 11.0 Å². The molecule has 0 unspecified atom stereocenters. The molecule has 2 N–H and O–H groups in total.